The number of aromatic amines is 1. The third-order valence-electron chi connectivity index (χ3n) is 3.82. The number of carbonyl (C=O) groups excluding carboxylic acids is 1. The van der Waals surface area contributed by atoms with Crippen LogP contribution < -0.4 is 16.6 Å². The molecule has 0 aliphatic heterocycles. The number of aromatic nitrogens is 2. The second-order valence-electron chi connectivity index (χ2n) is 5.68. The fourth-order valence-corrected chi connectivity index (χ4v) is 2.53. The van der Waals surface area contributed by atoms with Gasteiger partial charge in [-0.1, -0.05) is 36.4 Å². The summed E-state index contributed by atoms with van der Waals surface area (Å²) in [5.74, 6) is -0.343. The van der Waals surface area contributed by atoms with Crippen molar-refractivity contribution in [3.8, 4) is 11.1 Å². The molecule has 0 aliphatic carbocycles. The zero-order chi connectivity index (χ0) is 17.8. The fourth-order valence-electron chi connectivity index (χ4n) is 2.53. The molecule has 3 rings (SSSR count). The maximum atomic E-state index is 12.2. The molecule has 0 aliphatic rings. The van der Waals surface area contributed by atoms with Gasteiger partial charge in [-0.15, -0.1) is 0 Å². The summed E-state index contributed by atoms with van der Waals surface area (Å²) in [5, 5.41) is 2.79. The van der Waals surface area contributed by atoms with Crippen LogP contribution in [0.5, 0.6) is 0 Å². The highest BCUT2D eigenvalue weighted by Gasteiger charge is 2.08. The number of nitrogens with one attached hydrogen (secondary N) is 2. The van der Waals surface area contributed by atoms with Gasteiger partial charge in [0.2, 0.25) is 5.91 Å². The number of H-pyrrole nitrogens is 1. The Morgan fingerprint density at radius 2 is 1.80 bits per heavy atom. The molecule has 25 heavy (non-hydrogen) atoms. The van der Waals surface area contributed by atoms with Crippen molar-refractivity contribution < 1.29 is 4.79 Å². The van der Waals surface area contributed by atoms with Crippen LogP contribution in [-0.4, -0.2) is 15.5 Å². The predicted octanol–water partition coefficient (Wildman–Crippen LogP) is 2.15. The van der Waals surface area contributed by atoms with Crippen LogP contribution >= 0.6 is 0 Å². The van der Waals surface area contributed by atoms with Crippen LogP contribution in [0.1, 0.15) is 5.56 Å². The molecular formula is C19H17N3O3. The van der Waals surface area contributed by atoms with Gasteiger partial charge in [-0.2, -0.15) is 0 Å². The van der Waals surface area contributed by atoms with E-state index in [2.05, 4.69) is 10.3 Å². The molecule has 1 amide bonds. The van der Waals surface area contributed by atoms with E-state index in [1.807, 2.05) is 55.5 Å². The molecule has 0 unspecified atom stereocenters. The number of carbonyl (C=O) groups is 1. The van der Waals surface area contributed by atoms with Crippen LogP contribution in [0, 0.1) is 6.92 Å². The van der Waals surface area contributed by atoms with E-state index in [0.717, 1.165) is 21.3 Å². The van der Waals surface area contributed by atoms with E-state index >= 15 is 0 Å². The van der Waals surface area contributed by atoms with Gasteiger partial charge in [-0.3, -0.25) is 19.1 Å². The average molecular weight is 335 g/mol. The quantitative estimate of drug-likeness (QED) is 0.766. The number of aryl methyl sites for hydroxylation is 1. The minimum atomic E-state index is -0.612. The highest BCUT2D eigenvalue weighted by Crippen LogP contribution is 2.24. The van der Waals surface area contributed by atoms with Crippen molar-refractivity contribution >= 4 is 11.6 Å². The molecule has 3 aromatic rings. The normalized spacial score (nSPS) is 10.4. The monoisotopic (exact) mass is 335 g/mol. The van der Waals surface area contributed by atoms with E-state index in [0.29, 0.717) is 5.69 Å². The largest absolute Gasteiger partial charge is 0.328 e. The highest BCUT2D eigenvalue weighted by molar-refractivity contribution is 5.91. The molecule has 1 heterocycles. The third kappa shape index (κ3) is 3.92. The molecule has 1 aromatic heterocycles. The lowest BCUT2D eigenvalue weighted by molar-refractivity contribution is -0.116. The molecule has 6 nitrogen and oxygen atoms in total. The minimum Gasteiger partial charge on any atom is -0.324 e. The molecule has 2 aromatic carbocycles. The van der Waals surface area contributed by atoms with Crippen molar-refractivity contribution in [2.75, 3.05) is 5.32 Å². The summed E-state index contributed by atoms with van der Waals surface area (Å²) in [7, 11) is 0. The number of amides is 1. The van der Waals surface area contributed by atoms with Crippen molar-refractivity contribution in [3.05, 3.63) is 87.2 Å². The summed E-state index contributed by atoms with van der Waals surface area (Å²) in [5.41, 5.74) is 2.66. The lowest BCUT2D eigenvalue weighted by Gasteiger charge is -2.11. The van der Waals surface area contributed by atoms with Crippen LogP contribution in [0.2, 0.25) is 0 Å². The second kappa shape index (κ2) is 7.00. The van der Waals surface area contributed by atoms with Crippen LogP contribution in [-0.2, 0) is 11.3 Å². The molecule has 0 fully saturated rings. The number of anilines is 1. The minimum absolute atomic E-state index is 0.171. The Bertz CT molecular complexity index is 1020. The van der Waals surface area contributed by atoms with Gasteiger partial charge >= 0.3 is 5.69 Å². The van der Waals surface area contributed by atoms with Crippen molar-refractivity contribution in [1.82, 2.24) is 9.55 Å². The predicted molar refractivity (Wildman–Crippen MR) is 96.6 cm³/mol. The maximum absolute atomic E-state index is 12.2. The lowest BCUT2D eigenvalue weighted by Crippen LogP contribution is -2.32. The zero-order valence-corrected chi connectivity index (χ0v) is 13.7. The summed E-state index contributed by atoms with van der Waals surface area (Å²) in [4.78, 5) is 36.9. The van der Waals surface area contributed by atoms with Gasteiger partial charge < -0.3 is 5.32 Å². The second-order valence-corrected chi connectivity index (χ2v) is 5.68. The summed E-state index contributed by atoms with van der Waals surface area (Å²) >= 11 is 0. The molecule has 0 saturated carbocycles. The molecule has 0 radical (unpaired) electrons. The van der Waals surface area contributed by atoms with E-state index in [9.17, 15) is 14.4 Å². The Morgan fingerprint density at radius 3 is 2.48 bits per heavy atom. The third-order valence-corrected chi connectivity index (χ3v) is 3.82. The zero-order valence-electron chi connectivity index (χ0n) is 13.7. The van der Waals surface area contributed by atoms with Crippen molar-refractivity contribution in [3.63, 3.8) is 0 Å². The first-order chi connectivity index (χ1) is 12.0. The van der Waals surface area contributed by atoms with Gasteiger partial charge in [0, 0.05) is 18.0 Å². The molecule has 0 saturated heterocycles. The Morgan fingerprint density at radius 1 is 1.04 bits per heavy atom. The molecule has 126 valence electrons. The fraction of sp³-hybridized carbons (Fsp3) is 0.105. The highest BCUT2D eigenvalue weighted by atomic mass is 16.2. The van der Waals surface area contributed by atoms with Gasteiger partial charge in [0.15, 0.2) is 0 Å². The summed E-state index contributed by atoms with van der Waals surface area (Å²) in [6.07, 6.45) is 1.30. The number of nitrogens with zero attached hydrogens (tertiary/aromatic N) is 1. The van der Waals surface area contributed by atoms with Crippen LogP contribution in [0.3, 0.4) is 0 Å². The van der Waals surface area contributed by atoms with E-state index in [4.69, 9.17) is 0 Å². The Balaban J connectivity index is 1.75. The number of hydrogen-bond acceptors (Lipinski definition) is 3. The first-order valence-corrected chi connectivity index (χ1v) is 7.78. The Kier molecular flexibility index (Phi) is 4.61. The molecule has 0 bridgehead atoms. The summed E-state index contributed by atoms with van der Waals surface area (Å²) < 4.78 is 1.14. The van der Waals surface area contributed by atoms with Crippen molar-refractivity contribution in [2.24, 2.45) is 0 Å². The smallest absolute Gasteiger partial charge is 0.324 e. The van der Waals surface area contributed by atoms with Gasteiger partial charge in [-0.25, -0.2) is 4.79 Å². The van der Waals surface area contributed by atoms with Crippen molar-refractivity contribution in [1.29, 1.82) is 0 Å². The standard InChI is InChI=1S/C19H17N3O3/c1-13-11-15(14-5-3-2-4-6-14)7-8-16(13)20-18(24)12-22-10-9-17(23)21-19(22)25/h2-11H,12H2,1H3,(H,20,24)(H,21,23,25). The molecule has 2 N–H and O–H groups in total. The topological polar surface area (TPSA) is 84.0 Å². The van der Waals surface area contributed by atoms with E-state index in [-0.39, 0.29) is 12.5 Å². The van der Waals surface area contributed by atoms with Crippen LogP contribution in [0.25, 0.3) is 11.1 Å². The van der Waals surface area contributed by atoms with Crippen molar-refractivity contribution in [2.45, 2.75) is 13.5 Å². The molecule has 6 heteroatoms. The summed E-state index contributed by atoms with van der Waals surface area (Å²) in [6.45, 7) is 1.74. The van der Waals surface area contributed by atoms with Gasteiger partial charge in [0.1, 0.15) is 6.54 Å². The Hall–Kier alpha value is -3.41. The van der Waals surface area contributed by atoms with Crippen LogP contribution in [0.15, 0.2) is 70.4 Å². The molecule has 0 spiro atoms. The van der Waals surface area contributed by atoms with Crippen LogP contribution in [0.4, 0.5) is 5.69 Å². The SMILES string of the molecule is Cc1cc(-c2ccccc2)ccc1NC(=O)Cn1ccc(=O)[nH]c1=O. The maximum Gasteiger partial charge on any atom is 0.328 e. The number of benzene rings is 2. The Labute approximate surface area is 143 Å². The van der Waals surface area contributed by atoms with Gasteiger partial charge in [0.05, 0.1) is 0 Å². The molecule has 0 atom stereocenters. The lowest BCUT2D eigenvalue weighted by atomic mass is 10.0. The molecular weight excluding hydrogens is 318 g/mol. The van der Waals surface area contributed by atoms with E-state index in [1.165, 1.54) is 12.3 Å². The average Bonchev–Trinajstić information content (AvgIpc) is 2.60. The van der Waals surface area contributed by atoms with Gasteiger partial charge in [-0.05, 0) is 35.7 Å². The summed E-state index contributed by atoms with van der Waals surface area (Å²) in [6, 6.07) is 16.9. The van der Waals surface area contributed by atoms with E-state index < -0.39 is 11.2 Å². The number of hydrogen-bond donors (Lipinski definition) is 2. The first-order valence-electron chi connectivity index (χ1n) is 7.78. The first kappa shape index (κ1) is 16.4. The number of rotatable bonds is 4. The van der Waals surface area contributed by atoms with Gasteiger partial charge in [0.25, 0.3) is 5.56 Å². The van der Waals surface area contributed by atoms with E-state index in [1.54, 1.807) is 0 Å².